The fourth-order valence-electron chi connectivity index (χ4n) is 5.05. The molecule has 0 aromatic heterocycles. The molecule has 4 rings (SSSR count). The second kappa shape index (κ2) is 9.31. The Morgan fingerprint density at radius 3 is 2.69 bits per heavy atom. The lowest BCUT2D eigenvalue weighted by molar-refractivity contribution is -0.136. The van der Waals surface area contributed by atoms with Crippen LogP contribution >= 0.6 is 11.6 Å². The third-order valence-corrected chi connectivity index (χ3v) is 7.25. The lowest BCUT2D eigenvalue weighted by Crippen LogP contribution is -2.52. The number of benzene rings is 2. The number of rotatable bonds is 5. The number of para-hydroxylation sites is 1. The van der Waals surface area contributed by atoms with Gasteiger partial charge in [0.2, 0.25) is 11.8 Å². The van der Waals surface area contributed by atoms with Crippen molar-refractivity contribution in [1.82, 2.24) is 9.80 Å². The summed E-state index contributed by atoms with van der Waals surface area (Å²) < 4.78 is 14.0. The smallest absolute Gasteiger partial charge is 0.255 e. The normalized spacial score (nSPS) is 21.6. The number of carbonyl (C=O) groups is 3. The van der Waals surface area contributed by atoms with Crippen LogP contribution in [0.2, 0.25) is 5.02 Å². The average Bonchev–Trinajstić information content (AvgIpc) is 3.36. The maximum absolute atomic E-state index is 14.0. The summed E-state index contributed by atoms with van der Waals surface area (Å²) >= 11 is 6.04. The quantitative estimate of drug-likeness (QED) is 0.677. The van der Waals surface area contributed by atoms with E-state index in [0.717, 1.165) is 11.6 Å². The van der Waals surface area contributed by atoms with Crippen molar-refractivity contribution in [3.8, 4) is 6.07 Å². The number of hydrogen-bond donors (Lipinski definition) is 1. The molecule has 0 radical (unpaired) electrons. The van der Waals surface area contributed by atoms with Gasteiger partial charge in [-0.1, -0.05) is 49.7 Å². The van der Waals surface area contributed by atoms with Crippen LogP contribution in [-0.2, 0) is 15.0 Å². The molecule has 182 valence electrons. The Morgan fingerprint density at radius 1 is 1.29 bits per heavy atom. The molecule has 2 aromatic rings. The molecule has 2 heterocycles. The van der Waals surface area contributed by atoms with Gasteiger partial charge in [-0.3, -0.25) is 14.4 Å². The highest BCUT2D eigenvalue weighted by atomic mass is 35.5. The lowest BCUT2D eigenvalue weighted by atomic mass is 9.80. The molecule has 3 amide bonds. The first-order chi connectivity index (χ1) is 16.6. The molecular weight excluding hydrogens is 471 g/mol. The SMILES string of the molecule is CC(C)C[C@@H](C(=O)N1C[C@]2(C[C@H]1C#N)C(=O)Nc1ccccc12)N(C)C(=O)c1cccc(F)c1Cl. The highest BCUT2D eigenvalue weighted by Gasteiger charge is 2.56. The molecule has 0 bridgehead atoms. The Balaban J connectivity index is 1.67. The van der Waals surface area contributed by atoms with Crippen molar-refractivity contribution >= 4 is 35.0 Å². The van der Waals surface area contributed by atoms with E-state index in [1.165, 1.54) is 29.0 Å². The standard InChI is InChI=1S/C26H26ClFN4O3/c1-15(2)11-21(31(3)23(33)17-7-6-9-19(28)22(17)27)24(34)32-14-26(12-16(32)13-29)18-8-4-5-10-20(18)30-25(26)35/h4-10,15-16,21H,11-12,14H2,1-3H3,(H,30,35)/t16-,21-,26-/m0/s1. The van der Waals surface area contributed by atoms with E-state index in [9.17, 15) is 24.0 Å². The minimum absolute atomic E-state index is 0.0320. The van der Waals surface area contributed by atoms with Crippen molar-refractivity contribution in [3.63, 3.8) is 0 Å². The van der Waals surface area contributed by atoms with Crippen molar-refractivity contribution in [3.05, 3.63) is 64.4 Å². The fraction of sp³-hybridized carbons (Fsp3) is 0.385. The predicted molar refractivity (Wildman–Crippen MR) is 129 cm³/mol. The number of carbonyl (C=O) groups excluding carboxylic acids is 3. The van der Waals surface area contributed by atoms with E-state index in [4.69, 9.17) is 11.6 Å². The minimum atomic E-state index is -1.02. The zero-order valence-corrected chi connectivity index (χ0v) is 20.5. The van der Waals surface area contributed by atoms with Gasteiger partial charge in [-0.15, -0.1) is 0 Å². The molecule has 1 saturated heterocycles. The van der Waals surface area contributed by atoms with Gasteiger partial charge in [0.1, 0.15) is 17.9 Å². The minimum Gasteiger partial charge on any atom is -0.330 e. The Hall–Kier alpha value is -3.44. The highest BCUT2D eigenvalue weighted by Crippen LogP contribution is 2.46. The summed E-state index contributed by atoms with van der Waals surface area (Å²) in [5.41, 5.74) is 0.366. The van der Waals surface area contributed by atoms with Crippen LogP contribution < -0.4 is 5.32 Å². The summed E-state index contributed by atoms with van der Waals surface area (Å²) in [5, 5.41) is 12.5. The third kappa shape index (κ3) is 4.14. The predicted octanol–water partition coefficient (Wildman–Crippen LogP) is 3.98. The largest absolute Gasteiger partial charge is 0.330 e. The van der Waals surface area contributed by atoms with E-state index in [-0.39, 0.29) is 35.4 Å². The molecular formula is C26H26ClFN4O3. The Morgan fingerprint density at radius 2 is 2.00 bits per heavy atom. The van der Waals surface area contributed by atoms with E-state index < -0.39 is 35.1 Å². The maximum Gasteiger partial charge on any atom is 0.255 e. The number of hydrogen-bond acceptors (Lipinski definition) is 4. The molecule has 3 atom stereocenters. The summed E-state index contributed by atoms with van der Waals surface area (Å²) in [7, 11) is 1.47. The van der Waals surface area contributed by atoms with E-state index >= 15 is 0 Å². The second-order valence-electron chi connectivity index (χ2n) is 9.56. The van der Waals surface area contributed by atoms with Gasteiger partial charge < -0.3 is 15.1 Å². The molecule has 1 fully saturated rings. The van der Waals surface area contributed by atoms with Crippen molar-refractivity contribution in [1.29, 1.82) is 5.26 Å². The van der Waals surface area contributed by atoms with Gasteiger partial charge in [0.05, 0.1) is 22.1 Å². The monoisotopic (exact) mass is 496 g/mol. The van der Waals surface area contributed by atoms with Crippen LogP contribution in [0, 0.1) is 23.1 Å². The first-order valence-electron chi connectivity index (χ1n) is 11.4. The van der Waals surface area contributed by atoms with Gasteiger partial charge in [-0.05, 0) is 36.1 Å². The van der Waals surface area contributed by atoms with Gasteiger partial charge in [-0.25, -0.2) is 4.39 Å². The Kier molecular flexibility index (Phi) is 6.56. The van der Waals surface area contributed by atoms with E-state index in [0.29, 0.717) is 12.1 Å². The molecule has 0 aliphatic carbocycles. The first kappa shape index (κ1) is 24.7. The number of likely N-dealkylation sites (N-methyl/N-ethyl adjacent to an activating group) is 1. The lowest BCUT2D eigenvalue weighted by Gasteiger charge is -2.33. The summed E-state index contributed by atoms with van der Waals surface area (Å²) in [6.07, 6.45) is 0.484. The molecule has 9 heteroatoms. The van der Waals surface area contributed by atoms with Crippen LogP contribution in [0.4, 0.5) is 10.1 Å². The van der Waals surface area contributed by atoms with Gasteiger partial charge >= 0.3 is 0 Å². The maximum atomic E-state index is 14.0. The summed E-state index contributed by atoms with van der Waals surface area (Å²) in [6, 6.07) is 11.6. The van der Waals surface area contributed by atoms with E-state index in [1.807, 2.05) is 32.0 Å². The van der Waals surface area contributed by atoms with Crippen molar-refractivity contribution in [2.24, 2.45) is 5.92 Å². The number of nitrogens with zero attached hydrogens (tertiary/aromatic N) is 3. The van der Waals surface area contributed by atoms with E-state index in [2.05, 4.69) is 11.4 Å². The van der Waals surface area contributed by atoms with Crippen LogP contribution in [0.5, 0.6) is 0 Å². The number of nitrogens with one attached hydrogen (secondary N) is 1. The van der Waals surface area contributed by atoms with Crippen LogP contribution in [0.1, 0.15) is 42.6 Å². The number of halogens is 2. The number of anilines is 1. The highest BCUT2D eigenvalue weighted by molar-refractivity contribution is 6.34. The first-order valence-corrected chi connectivity index (χ1v) is 11.8. The van der Waals surface area contributed by atoms with Gasteiger partial charge in [0.15, 0.2) is 0 Å². The number of likely N-dealkylation sites (tertiary alicyclic amines) is 1. The average molecular weight is 497 g/mol. The molecule has 0 unspecified atom stereocenters. The molecule has 35 heavy (non-hydrogen) atoms. The van der Waals surface area contributed by atoms with Gasteiger partial charge in [0.25, 0.3) is 5.91 Å². The summed E-state index contributed by atoms with van der Waals surface area (Å²) in [5.74, 6) is -1.96. The van der Waals surface area contributed by atoms with Gasteiger partial charge in [0, 0.05) is 25.7 Å². The molecule has 2 aliphatic heterocycles. The van der Waals surface area contributed by atoms with Gasteiger partial charge in [-0.2, -0.15) is 5.26 Å². The molecule has 0 saturated carbocycles. The second-order valence-corrected chi connectivity index (χ2v) is 9.94. The van der Waals surface area contributed by atoms with Crippen molar-refractivity contribution in [2.45, 2.75) is 44.2 Å². The summed E-state index contributed by atoms with van der Waals surface area (Å²) in [6.45, 7) is 3.87. The molecule has 2 aromatic carbocycles. The molecule has 2 aliphatic rings. The Bertz CT molecular complexity index is 1240. The molecule has 7 nitrogen and oxygen atoms in total. The zero-order valence-electron chi connectivity index (χ0n) is 19.7. The van der Waals surface area contributed by atoms with Crippen LogP contribution in [-0.4, -0.2) is 53.2 Å². The number of nitriles is 1. The summed E-state index contributed by atoms with van der Waals surface area (Å²) in [4.78, 5) is 42.9. The van der Waals surface area contributed by atoms with Crippen LogP contribution in [0.15, 0.2) is 42.5 Å². The van der Waals surface area contributed by atoms with Crippen LogP contribution in [0.25, 0.3) is 0 Å². The van der Waals surface area contributed by atoms with Crippen LogP contribution in [0.3, 0.4) is 0 Å². The topological polar surface area (TPSA) is 93.5 Å². The number of fused-ring (bicyclic) bond motifs is 2. The zero-order chi connectivity index (χ0) is 25.5. The van der Waals surface area contributed by atoms with Crippen molar-refractivity contribution in [2.75, 3.05) is 18.9 Å². The third-order valence-electron chi connectivity index (χ3n) is 6.87. The Labute approximate surface area is 208 Å². The number of amides is 3. The van der Waals surface area contributed by atoms with E-state index in [1.54, 1.807) is 6.07 Å². The molecule has 1 N–H and O–H groups in total. The molecule has 1 spiro atoms. The fourth-order valence-corrected chi connectivity index (χ4v) is 5.26. The van der Waals surface area contributed by atoms with Crippen molar-refractivity contribution < 1.29 is 18.8 Å².